The quantitative estimate of drug-likeness (QED) is 0.743. The van der Waals surface area contributed by atoms with E-state index in [9.17, 15) is 18.0 Å². The Morgan fingerprint density at radius 3 is 2.31 bits per heavy atom. The Morgan fingerprint density at radius 1 is 1.10 bits per heavy atom. The average molecular weight is 427 g/mol. The summed E-state index contributed by atoms with van der Waals surface area (Å²) < 4.78 is 50.5. The van der Waals surface area contributed by atoms with Gasteiger partial charge in [-0.2, -0.15) is 13.2 Å². The number of carbonyl (C=O) groups is 1. The van der Waals surface area contributed by atoms with Gasteiger partial charge in [-0.1, -0.05) is 11.6 Å². The third kappa shape index (κ3) is 4.41. The van der Waals surface area contributed by atoms with Crippen molar-refractivity contribution in [1.29, 1.82) is 0 Å². The fourth-order valence-corrected chi connectivity index (χ4v) is 2.90. The topological polar surface area (TPSA) is 60.5 Å². The molecule has 0 bridgehead atoms. The van der Waals surface area contributed by atoms with Crippen LogP contribution in [0.2, 0.25) is 5.02 Å². The number of carbonyl (C=O) groups excluding carboxylic acids is 1. The van der Waals surface area contributed by atoms with Crippen molar-refractivity contribution >= 4 is 35.8 Å². The summed E-state index contributed by atoms with van der Waals surface area (Å²) in [4.78, 5) is 16.1. The van der Waals surface area contributed by atoms with Crippen molar-refractivity contribution in [2.24, 2.45) is 0 Å². The van der Waals surface area contributed by atoms with Crippen molar-refractivity contribution in [3.05, 3.63) is 52.8 Å². The third-order valence-corrected chi connectivity index (χ3v) is 5.43. The van der Waals surface area contributed by atoms with Crippen LogP contribution in [0.5, 0.6) is 0 Å². The van der Waals surface area contributed by atoms with Crippen LogP contribution in [0.1, 0.15) is 43.7 Å². The maximum Gasteiger partial charge on any atom is 0.496 e. The molecule has 1 N–H and O–H groups in total. The Kier molecular flexibility index (Phi) is 5.44. The van der Waals surface area contributed by atoms with Gasteiger partial charge in [0.1, 0.15) is 5.69 Å². The lowest BCUT2D eigenvalue weighted by Gasteiger charge is -2.32. The van der Waals surface area contributed by atoms with E-state index in [0.29, 0.717) is 22.2 Å². The van der Waals surface area contributed by atoms with Gasteiger partial charge in [0.15, 0.2) is 0 Å². The number of halogens is 4. The van der Waals surface area contributed by atoms with Gasteiger partial charge in [0, 0.05) is 22.4 Å². The molecule has 1 aromatic heterocycles. The molecule has 3 rings (SSSR count). The fraction of sp³-hybridized carbons (Fsp3) is 0.368. The summed E-state index contributed by atoms with van der Waals surface area (Å²) in [6, 6.07) is 6.14. The van der Waals surface area contributed by atoms with Gasteiger partial charge in [0.25, 0.3) is 5.91 Å². The molecule has 0 unspecified atom stereocenters. The predicted molar refractivity (Wildman–Crippen MR) is 104 cm³/mol. The Labute approximate surface area is 171 Å². The standard InChI is InChI=1S/C19H19BClF3N2O3/c1-17(2)18(3,4)29-20(28-17)13-10-12(5-6-14(13)21)26-16(27)15-9-11(7-8-25-15)19(22,23)24/h5-10H,1-4H3,(H,26,27). The van der Waals surface area contributed by atoms with Crippen molar-refractivity contribution in [2.45, 2.75) is 45.1 Å². The number of alkyl halides is 3. The van der Waals surface area contributed by atoms with Crippen molar-refractivity contribution in [3.8, 4) is 0 Å². The molecule has 1 amide bonds. The minimum atomic E-state index is -4.57. The lowest BCUT2D eigenvalue weighted by molar-refractivity contribution is -0.137. The molecule has 154 valence electrons. The van der Waals surface area contributed by atoms with Crippen LogP contribution in [0.4, 0.5) is 18.9 Å². The molecule has 0 saturated carbocycles. The van der Waals surface area contributed by atoms with E-state index in [4.69, 9.17) is 20.9 Å². The highest BCUT2D eigenvalue weighted by Crippen LogP contribution is 2.37. The molecule has 1 saturated heterocycles. The molecule has 5 nitrogen and oxygen atoms in total. The second-order valence-corrected chi connectivity index (χ2v) is 8.11. The van der Waals surface area contributed by atoms with E-state index in [1.807, 2.05) is 27.7 Å². The molecule has 1 aromatic carbocycles. The molecule has 29 heavy (non-hydrogen) atoms. The smallest absolute Gasteiger partial charge is 0.399 e. The van der Waals surface area contributed by atoms with Crippen LogP contribution in [0.3, 0.4) is 0 Å². The number of pyridine rings is 1. The van der Waals surface area contributed by atoms with Crippen LogP contribution >= 0.6 is 11.6 Å². The Balaban J connectivity index is 1.83. The fourth-order valence-electron chi connectivity index (χ4n) is 2.70. The first-order valence-electron chi connectivity index (χ1n) is 8.80. The SMILES string of the molecule is CC1(C)OB(c2cc(NC(=O)c3cc(C(F)(F)F)ccn3)ccc2Cl)OC1(C)C. The summed E-state index contributed by atoms with van der Waals surface area (Å²) in [6.45, 7) is 7.58. The molecule has 0 atom stereocenters. The van der Waals surface area contributed by atoms with Gasteiger partial charge in [0.2, 0.25) is 0 Å². The first-order valence-corrected chi connectivity index (χ1v) is 9.18. The number of rotatable bonds is 3. The molecule has 1 aliphatic rings. The monoisotopic (exact) mass is 426 g/mol. The van der Waals surface area contributed by atoms with Gasteiger partial charge < -0.3 is 14.6 Å². The second-order valence-electron chi connectivity index (χ2n) is 7.71. The van der Waals surface area contributed by atoms with Crippen molar-refractivity contribution in [2.75, 3.05) is 5.32 Å². The molecule has 0 radical (unpaired) electrons. The predicted octanol–water partition coefficient (Wildman–Crippen LogP) is 4.31. The lowest BCUT2D eigenvalue weighted by atomic mass is 9.79. The van der Waals surface area contributed by atoms with E-state index >= 15 is 0 Å². The van der Waals surface area contributed by atoms with Gasteiger partial charge >= 0.3 is 13.3 Å². The van der Waals surface area contributed by atoms with E-state index in [2.05, 4.69) is 10.3 Å². The number of aromatic nitrogens is 1. The van der Waals surface area contributed by atoms with E-state index in [1.165, 1.54) is 6.07 Å². The van der Waals surface area contributed by atoms with Gasteiger partial charge in [-0.15, -0.1) is 0 Å². The molecule has 0 aliphatic carbocycles. The van der Waals surface area contributed by atoms with Gasteiger partial charge in [-0.25, -0.2) is 0 Å². The number of amides is 1. The first-order chi connectivity index (χ1) is 13.3. The Morgan fingerprint density at radius 2 is 1.72 bits per heavy atom. The molecule has 0 spiro atoms. The zero-order chi connectivity index (χ0) is 21.6. The van der Waals surface area contributed by atoms with Crippen LogP contribution in [0, 0.1) is 0 Å². The molecule has 1 aliphatic heterocycles. The number of hydrogen-bond acceptors (Lipinski definition) is 4. The largest absolute Gasteiger partial charge is 0.496 e. The normalized spacial score (nSPS) is 18.0. The van der Waals surface area contributed by atoms with Crippen molar-refractivity contribution in [1.82, 2.24) is 4.98 Å². The Bertz CT molecular complexity index is 935. The van der Waals surface area contributed by atoms with Crippen molar-refractivity contribution < 1.29 is 27.3 Å². The highest BCUT2D eigenvalue weighted by molar-refractivity contribution is 6.65. The number of nitrogens with one attached hydrogen (secondary N) is 1. The number of nitrogens with zero attached hydrogens (tertiary/aromatic N) is 1. The second kappa shape index (κ2) is 7.30. The van der Waals surface area contributed by atoms with Crippen LogP contribution in [0.25, 0.3) is 0 Å². The maximum atomic E-state index is 12.9. The molecule has 2 heterocycles. The minimum absolute atomic E-state index is 0.323. The number of benzene rings is 1. The highest BCUT2D eigenvalue weighted by Gasteiger charge is 2.52. The van der Waals surface area contributed by atoms with Crippen LogP contribution < -0.4 is 10.8 Å². The first kappa shape index (κ1) is 21.6. The maximum absolute atomic E-state index is 12.9. The Hall–Kier alpha value is -2.10. The van der Waals surface area contributed by atoms with E-state index < -0.39 is 36.0 Å². The zero-order valence-electron chi connectivity index (χ0n) is 16.2. The van der Waals surface area contributed by atoms with Crippen molar-refractivity contribution in [3.63, 3.8) is 0 Å². The number of anilines is 1. The van der Waals surface area contributed by atoms with Gasteiger partial charge in [-0.3, -0.25) is 9.78 Å². The average Bonchev–Trinajstić information content (AvgIpc) is 2.83. The number of hydrogen-bond donors (Lipinski definition) is 1. The third-order valence-electron chi connectivity index (χ3n) is 5.08. The van der Waals surface area contributed by atoms with E-state index in [-0.39, 0.29) is 5.69 Å². The molecule has 10 heteroatoms. The molecule has 2 aromatic rings. The summed E-state index contributed by atoms with van der Waals surface area (Å²) in [5.41, 5.74) is -1.65. The van der Waals surface area contributed by atoms with Crippen LogP contribution in [0.15, 0.2) is 36.5 Å². The zero-order valence-corrected chi connectivity index (χ0v) is 17.0. The van der Waals surface area contributed by atoms with E-state index in [0.717, 1.165) is 12.3 Å². The van der Waals surface area contributed by atoms with Crippen LogP contribution in [-0.4, -0.2) is 29.2 Å². The lowest BCUT2D eigenvalue weighted by Crippen LogP contribution is -2.41. The summed E-state index contributed by atoms with van der Waals surface area (Å²) in [6.07, 6.45) is -3.63. The molecule has 1 fully saturated rings. The molecular weight excluding hydrogens is 407 g/mol. The summed E-state index contributed by atoms with van der Waals surface area (Å²) in [5, 5.41) is 2.90. The minimum Gasteiger partial charge on any atom is -0.399 e. The summed E-state index contributed by atoms with van der Waals surface area (Å²) >= 11 is 6.28. The van der Waals surface area contributed by atoms with E-state index in [1.54, 1.807) is 12.1 Å². The molecular formula is C19H19BClF3N2O3. The summed E-state index contributed by atoms with van der Waals surface area (Å²) in [7, 11) is -0.754. The van der Waals surface area contributed by atoms with Crippen LogP contribution in [-0.2, 0) is 15.5 Å². The van der Waals surface area contributed by atoms with Gasteiger partial charge in [-0.05, 0) is 58.0 Å². The summed E-state index contributed by atoms with van der Waals surface area (Å²) in [5.74, 6) is -0.779. The highest BCUT2D eigenvalue weighted by atomic mass is 35.5. The van der Waals surface area contributed by atoms with Gasteiger partial charge in [0.05, 0.1) is 16.8 Å².